The molecule has 1 aliphatic heterocycles. The van der Waals surface area contributed by atoms with Gasteiger partial charge in [-0.1, -0.05) is 12.1 Å². The number of methoxy groups -OCH3 is 1. The number of nitrogens with one attached hydrogen (secondary N) is 1. The van der Waals surface area contributed by atoms with Crippen molar-refractivity contribution >= 4 is 15.9 Å². The van der Waals surface area contributed by atoms with Gasteiger partial charge < -0.3 is 14.8 Å². The Morgan fingerprint density at radius 2 is 1.90 bits per heavy atom. The summed E-state index contributed by atoms with van der Waals surface area (Å²) < 4.78 is 38.2. The van der Waals surface area contributed by atoms with E-state index >= 15 is 0 Å². The standard InChI is InChI=1S/C23H30N2O5S/c1-17(2)30-21-8-4-6-18(14-21)15-24-23(26)19-7-5-13-25(16-19)31(27,28)22-11-9-20(29-3)10-12-22/h4,6,8-12,14,17,19H,5,7,13,15-16H2,1-3H3,(H,24,26)/t19-/m0/s1. The summed E-state index contributed by atoms with van der Waals surface area (Å²) in [6.45, 7) is 4.88. The lowest BCUT2D eigenvalue weighted by atomic mass is 9.99. The molecule has 1 saturated heterocycles. The highest BCUT2D eigenvalue weighted by Gasteiger charge is 2.33. The number of sulfonamides is 1. The Labute approximate surface area is 184 Å². The van der Waals surface area contributed by atoms with Crippen molar-refractivity contribution in [2.24, 2.45) is 5.92 Å². The number of nitrogens with zero attached hydrogens (tertiary/aromatic N) is 1. The normalized spacial score (nSPS) is 17.4. The maximum absolute atomic E-state index is 13.0. The summed E-state index contributed by atoms with van der Waals surface area (Å²) in [7, 11) is -2.12. The lowest BCUT2D eigenvalue weighted by Gasteiger charge is -2.31. The second-order valence-corrected chi connectivity index (χ2v) is 9.85. The Morgan fingerprint density at radius 3 is 2.58 bits per heavy atom. The van der Waals surface area contributed by atoms with E-state index in [1.165, 1.54) is 23.5 Å². The third kappa shape index (κ3) is 5.98. The maximum Gasteiger partial charge on any atom is 0.243 e. The van der Waals surface area contributed by atoms with Crippen molar-refractivity contribution in [3.05, 3.63) is 54.1 Å². The second-order valence-electron chi connectivity index (χ2n) is 7.91. The fourth-order valence-corrected chi connectivity index (χ4v) is 5.13. The molecule has 0 spiro atoms. The van der Waals surface area contributed by atoms with Crippen LogP contribution in [0.1, 0.15) is 32.3 Å². The number of benzene rings is 2. The van der Waals surface area contributed by atoms with Crippen LogP contribution in [0.25, 0.3) is 0 Å². The van der Waals surface area contributed by atoms with Crippen LogP contribution in [0.2, 0.25) is 0 Å². The third-order valence-electron chi connectivity index (χ3n) is 5.19. The van der Waals surface area contributed by atoms with Crippen LogP contribution < -0.4 is 14.8 Å². The van der Waals surface area contributed by atoms with Crippen molar-refractivity contribution in [3.63, 3.8) is 0 Å². The molecule has 1 atom stereocenters. The van der Waals surface area contributed by atoms with Crippen LogP contribution >= 0.6 is 0 Å². The summed E-state index contributed by atoms with van der Waals surface area (Å²) in [4.78, 5) is 13.0. The number of carbonyl (C=O) groups excluding carboxylic acids is 1. The van der Waals surface area contributed by atoms with Crippen molar-refractivity contribution in [1.29, 1.82) is 0 Å². The van der Waals surface area contributed by atoms with Gasteiger partial charge in [0.1, 0.15) is 11.5 Å². The number of ether oxygens (including phenoxy) is 2. The Bertz CT molecular complexity index is 989. The van der Waals surface area contributed by atoms with Gasteiger partial charge in [-0.25, -0.2) is 8.42 Å². The van der Waals surface area contributed by atoms with Crippen molar-refractivity contribution < 1.29 is 22.7 Å². The molecule has 0 saturated carbocycles. The predicted octanol–water partition coefficient (Wildman–Crippen LogP) is 3.20. The van der Waals surface area contributed by atoms with Gasteiger partial charge in [0.25, 0.3) is 0 Å². The summed E-state index contributed by atoms with van der Waals surface area (Å²) in [5.41, 5.74) is 0.935. The van der Waals surface area contributed by atoms with Gasteiger partial charge in [-0.3, -0.25) is 4.79 Å². The first-order valence-corrected chi connectivity index (χ1v) is 11.9. The van der Waals surface area contributed by atoms with Crippen LogP contribution in [0, 0.1) is 5.92 Å². The van der Waals surface area contributed by atoms with Crippen LogP contribution in [-0.4, -0.2) is 44.9 Å². The molecule has 168 valence electrons. The Kier molecular flexibility index (Phi) is 7.56. The molecule has 0 unspecified atom stereocenters. The first-order chi connectivity index (χ1) is 14.8. The Hall–Kier alpha value is -2.58. The van der Waals surface area contributed by atoms with E-state index in [1.54, 1.807) is 12.1 Å². The van der Waals surface area contributed by atoms with Crippen molar-refractivity contribution in [2.75, 3.05) is 20.2 Å². The molecule has 0 aromatic heterocycles. The van der Waals surface area contributed by atoms with Gasteiger partial charge >= 0.3 is 0 Å². The fourth-order valence-electron chi connectivity index (χ4n) is 3.61. The number of hydrogen-bond acceptors (Lipinski definition) is 5. The number of hydrogen-bond donors (Lipinski definition) is 1. The van der Waals surface area contributed by atoms with E-state index in [0.717, 1.165) is 11.3 Å². The molecule has 8 heteroatoms. The Balaban J connectivity index is 1.61. The molecule has 2 aromatic rings. The van der Waals surface area contributed by atoms with Gasteiger partial charge in [0.2, 0.25) is 15.9 Å². The number of amides is 1. The summed E-state index contributed by atoms with van der Waals surface area (Å²) >= 11 is 0. The zero-order valence-corrected chi connectivity index (χ0v) is 19.0. The van der Waals surface area contributed by atoms with Crippen LogP contribution in [0.5, 0.6) is 11.5 Å². The second kappa shape index (κ2) is 10.2. The van der Waals surface area contributed by atoms with Crippen LogP contribution in [-0.2, 0) is 21.4 Å². The highest BCUT2D eigenvalue weighted by Crippen LogP contribution is 2.25. The van der Waals surface area contributed by atoms with E-state index in [0.29, 0.717) is 31.7 Å². The molecule has 3 rings (SSSR count). The van der Waals surface area contributed by atoms with Crippen LogP contribution in [0.15, 0.2) is 53.4 Å². The molecule has 1 fully saturated rings. The molecule has 0 radical (unpaired) electrons. The lowest BCUT2D eigenvalue weighted by Crippen LogP contribution is -2.45. The fraction of sp³-hybridized carbons (Fsp3) is 0.435. The molecule has 31 heavy (non-hydrogen) atoms. The van der Waals surface area contributed by atoms with Gasteiger partial charge in [-0.15, -0.1) is 0 Å². The highest BCUT2D eigenvalue weighted by atomic mass is 32.2. The zero-order chi connectivity index (χ0) is 22.4. The van der Waals surface area contributed by atoms with Gasteiger partial charge in [0, 0.05) is 19.6 Å². The topological polar surface area (TPSA) is 84.9 Å². The van der Waals surface area contributed by atoms with Gasteiger partial charge in [-0.2, -0.15) is 4.31 Å². The van der Waals surface area contributed by atoms with Crippen molar-refractivity contribution in [2.45, 2.75) is 44.2 Å². The van der Waals surface area contributed by atoms with E-state index in [4.69, 9.17) is 9.47 Å². The smallest absolute Gasteiger partial charge is 0.243 e. The van der Waals surface area contributed by atoms with E-state index in [9.17, 15) is 13.2 Å². The molecule has 2 aromatic carbocycles. The average Bonchev–Trinajstić information content (AvgIpc) is 2.77. The van der Waals surface area contributed by atoms with Crippen molar-refractivity contribution in [1.82, 2.24) is 9.62 Å². The molecule has 1 amide bonds. The predicted molar refractivity (Wildman–Crippen MR) is 119 cm³/mol. The Morgan fingerprint density at radius 1 is 1.16 bits per heavy atom. The zero-order valence-electron chi connectivity index (χ0n) is 18.2. The number of rotatable bonds is 8. The van der Waals surface area contributed by atoms with Gasteiger partial charge in [-0.05, 0) is 68.7 Å². The minimum atomic E-state index is -3.66. The molecule has 1 aliphatic rings. The molecule has 0 aliphatic carbocycles. The molecule has 1 heterocycles. The SMILES string of the molecule is COc1ccc(S(=O)(=O)N2CCC[C@H](C(=O)NCc3cccc(OC(C)C)c3)C2)cc1. The monoisotopic (exact) mass is 446 g/mol. The maximum atomic E-state index is 13.0. The van der Waals surface area contributed by atoms with Crippen LogP contribution in [0.3, 0.4) is 0 Å². The van der Waals surface area contributed by atoms with E-state index in [1.807, 2.05) is 38.1 Å². The minimum absolute atomic E-state index is 0.0747. The van der Waals surface area contributed by atoms with Crippen LogP contribution in [0.4, 0.5) is 0 Å². The first kappa shape index (κ1) is 23.1. The lowest BCUT2D eigenvalue weighted by molar-refractivity contribution is -0.126. The molecule has 7 nitrogen and oxygen atoms in total. The minimum Gasteiger partial charge on any atom is -0.497 e. The van der Waals surface area contributed by atoms with Crippen molar-refractivity contribution in [3.8, 4) is 11.5 Å². The molecule has 1 N–H and O–H groups in total. The first-order valence-electron chi connectivity index (χ1n) is 10.5. The van der Waals surface area contributed by atoms with E-state index < -0.39 is 10.0 Å². The quantitative estimate of drug-likeness (QED) is 0.673. The average molecular weight is 447 g/mol. The summed E-state index contributed by atoms with van der Waals surface area (Å²) in [6.07, 6.45) is 1.38. The molecular formula is C23H30N2O5S. The van der Waals surface area contributed by atoms with Gasteiger partial charge in [0.15, 0.2) is 0 Å². The van der Waals surface area contributed by atoms with E-state index in [-0.39, 0.29) is 29.4 Å². The molecular weight excluding hydrogens is 416 g/mol. The number of carbonyl (C=O) groups is 1. The largest absolute Gasteiger partial charge is 0.497 e. The molecule has 0 bridgehead atoms. The highest BCUT2D eigenvalue weighted by molar-refractivity contribution is 7.89. The summed E-state index contributed by atoms with van der Waals surface area (Å²) in [5, 5.41) is 2.94. The number of piperidine rings is 1. The van der Waals surface area contributed by atoms with E-state index in [2.05, 4.69) is 5.32 Å². The van der Waals surface area contributed by atoms with Gasteiger partial charge in [0.05, 0.1) is 24.0 Å². The summed E-state index contributed by atoms with van der Waals surface area (Å²) in [6, 6.07) is 13.9. The summed E-state index contributed by atoms with van der Waals surface area (Å²) in [5.74, 6) is 0.843. The third-order valence-corrected chi connectivity index (χ3v) is 7.07.